The van der Waals surface area contributed by atoms with Crippen LogP contribution in [0.2, 0.25) is 0 Å². The third-order valence-electron chi connectivity index (χ3n) is 3.84. The highest BCUT2D eigenvalue weighted by Gasteiger charge is 2.23. The second kappa shape index (κ2) is 6.49. The van der Waals surface area contributed by atoms with Crippen molar-refractivity contribution < 1.29 is 0 Å². The van der Waals surface area contributed by atoms with Crippen LogP contribution in [0.1, 0.15) is 52.9 Å². The van der Waals surface area contributed by atoms with Crippen molar-refractivity contribution in [3.05, 3.63) is 0 Å². The summed E-state index contributed by atoms with van der Waals surface area (Å²) in [6, 6.07) is 2.21. The van der Waals surface area contributed by atoms with Crippen LogP contribution in [0.3, 0.4) is 0 Å². The van der Waals surface area contributed by atoms with Crippen molar-refractivity contribution in [2.24, 2.45) is 0 Å². The molecule has 0 aromatic rings. The lowest BCUT2D eigenvalue weighted by molar-refractivity contribution is 0.169. The van der Waals surface area contributed by atoms with Gasteiger partial charge in [-0.15, -0.1) is 0 Å². The summed E-state index contributed by atoms with van der Waals surface area (Å²) in [4.78, 5) is 2.60. The average Bonchev–Trinajstić information content (AvgIpc) is 2.69. The summed E-state index contributed by atoms with van der Waals surface area (Å²) in [7, 11) is 2.30. The minimum absolute atomic E-state index is 0.647. The van der Waals surface area contributed by atoms with Gasteiger partial charge in [0.15, 0.2) is 0 Å². The zero-order valence-electron chi connectivity index (χ0n) is 10.9. The SMILES string of the molecule is CCNC(C)CC(C)N(C)C1CCCC1. The Hall–Kier alpha value is -0.0800. The maximum absolute atomic E-state index is 3.50. The summed E-state index contributed by atoms with van der Waals surface area (Å²) >= 11 is 0. The van der Waals surface area contributed by atoms with Gasteiger partial charge in [-0.05, 0) is 46.7 Å². The molecular formula is C13H28N2. The van der Waals surface area contributed by atoms with Crippen molar-refractivity contribution in [1.82, 2.24) is 10.2 Å². The van der Waals surface area contributed by atoms with Gasteiger partial charge in [-0.1, -0.05) is 19.8 Å². The number of nitrogens with zero attached hydrogens (tertiary/aromatic N) is 1. The summed E-state index contributed by atoms with van der Waals surface area (Å²) in [5, 5.41) is 3.50. The van der Waals surface area contributed by atoms with Crippen LogP contribution in [-0.4, -0.2) is 36.6 Å². The van der Waals surface area contributed by atoms with Crippen LogP contribution in [0, 0.1) is 0 Å². The quantitative estimate of drug-likeness (QED) is 0.728. The Kier molecular flexibility index (Phi) is 5.62. The molecule has 1 fully saturated rings. The minimum Gasteiger partial charge on any atom is -0.314 e. The first kappa shape index (κ1) is 13.0. The van der Waals surface area contributed by atoms with E-state index in [-0.39, 0.29) is 0 Å². The van der Waals surface area contributed by atoms with E-state index < -0.39 is 0 Å². The molecule has 2 unspecified atom stereocenters. The molecule has 2 atom stereocenters. The summed E-state index contributed by atoms with van der Waals surface area (Å²) in [5.41, 5.74) is 0. The van der Waals surface area contributed by atoms with Crippen LogP contribution in [0.15, 0.2) is 0 Å². The molecule has 2 heteroatoms. The molecular weight excluding hydrogens is 184 g/mol. The standard InChI is InChI=1S/C13H28N2/c1-5-14-11(2)10-12(3)15(4)13-8-6-7-9-13/h11-14H,5-10H2,1-4H3. The molecule has 1 rings (SSSR count). The third-order valence-corrected chi connectivity index (χ3v) is 3.84. The van der Waals surface area contributed by atoms with Gasteiger partial charge in [-0.25, -0.2) is 0 Å². The van der Waals surface area contributed by atoms with Gasteiger partial charge in [0.1, 0.15) is 0 Å². The molecule has 1 aliphatic carbocycles. The maximum atomic E-state index is 3.50. The lowest BCUT2D eigenvalue weighted by Gasteiger charge is -2.32. The fourth-order valence-electron chi connectivity index (χ4n) is 2.78. The predicted molar refractivity (Wildman–Crippen MR) is 67.2 cm³/mol. The molecule has 15 heavy (non-hydrogen) atoms. The van der Waals surface area contributed by atoms with E-state index in [1.807, 2.05) is 0 Å². The number of nitrogens with one attached hydrogen (secondary N) is 1. The normalized spacial score (nSPS) is 22.2. The van der Waals surface area contributed by atoms with Gasteiger partial charge in [-0.2, -0.15) is 0 Å². The van der Waals surface area contributed by atoms with Gasteiger partial charge < -0.3 is 10.2 Å². The van der Waals surface area contributed by atoms with Gasteiger partial charge >= 0.3 is 0 Å². The number of hydrogen-bond acceptors (Lipinski definition) is 2. The van der Waals surface area contributed by atoms with Gasteiger partial charge in [0.05, 0.1) is 0 Å². The van der Waals surface area contributed by atoms with E-state index in [0.717, 1.165) is 12.6 Å². The third kappa shape index (κ3) is 4.12. The molecule has 2 nitrogen and oxygen atoms in total. The lowest BCUT2D eigenvalue weighted by Crippen LogP contribution is -2.41. The summed E-state index contributed by atoms with van der Waals surface area (Å²) in [6.45, 7) is 7.93. The maximum Gasteiger partial charge on any atom is 0.00950 e. The molecule has 0 aromatic heterocycles. The Morgan fingerprint density at radius 2 is 1.87 bits per heavy atom. The Bertz CT molecular complexity index is 164. The van der Waals surface area contributed by atoms with Gasteiger partial charge in [0.2, 0.25) is 0 Å². The zero-order valence-corrected chi connectivity index (χ0v) is 10.9. The smallest absolute Gasteiger partial charge is 0.00950 e. The van der Waals surface area contributed by atoms with E-state index in [2.05, 4.69) is 38.0 Å². The predicted octanol–water partition coefficient (Wildman–Crippen LogP) is 2.64. The van der Waals surface area contributed by atoms with Crippen molar-refractivity contribution in [3.8, 4) is 0 Å². The van der Waals surface area contributed by atoms with Crippen molar-refractivity contribution in [2.45, 2.75) is 71.0 Å². The molecule has 0 spiro atoms. The van der Waals surface area contributed by atoms with Crippen LogP contribution in [0.4, 0.5) is 0 Å². The molecule has 1 N–H and O–H groups in total. The van der Waals surface area contributed by atoms with Crippen molar-refractivity contribution in [3.63, 3.8) is 0 Å². The zero-order chi connectivity index (χ0) is 11.3. The van der Waals surface area contributed by atoms with E-state index in [9.17, 15) is 0 Å². The summed E-state index contributed by atoms with van der Waals surface area (Å²) in [5.74, 6) is 0. The number of hydrogen-bond donors (Lipinski definition) is 1. The lowest BCUT2D eigenvalue weighted by atomic mass is 10.1. The first-order chi connectivity index (χ1) is 7.15. The number of rotatable bonds is 6. The summed E-state index contributed by atoms with van der Waals surface area (Å²) in [6.07, 6.45) is 6.96. The molecule has 90 valence electrons. The second-order valence-electron chi connectivity index (χ2n) is 5.15. The van der Waals surface area contributed by atoms with Crippen LogP contribution in [0.5, 0.6) is 0 Å². The Balaban J connectivity index is 2.28. The van der Waals surface area contributed by atoms with E-state index in [1.165, 1.54) is 32.1 Å². The molecule has 0 radical (unpaired) electrons. The molecule has 1 aliphatic rings. The largest absolute Gasteiger partial charge is 0.314 e. The van der Waals surface area contributed by atoms with Crippen molar-refractivity contribution >= 4 is 0 Å². The van der Waals surface area contributed by atoms with E-state index >= 15 is 0 Å². The van der Waals surface area contributed by atoms with Crippen LogP contribution < -0.4 is 5.32 Å². The summed E-state index contributed by atoms with van der Waals surface area (Å²) < 4.78 is 0. The van der Waals surface area contributed by atoms with Gasteiger partial charge in [-0.3, -0.25) is 0 Å². The average molecular weight is 212 g/mol. The van der Waals surface area contributed by atoms with Crippen molar-refractivity contribution in [2.75, 3.05) is 13.6 Å². The Morgan fingerprint density at radius 3 is 2.40 bits per heavy atom. The first-order valence-electron chi connectivity index (χ1n) is 6.60. The highest BCUT2D eigenvalue weighted by atomic mass is 15.2. The molecule has 0 heterocycles. The van der Waals surface area contributed by atoms with Crippen molar-refractivity contribution in [1.29, 1.82) is 0 Å². The molecule has 0 bridgehead atoms. The van der Waals surface area contributed by atoms with E-state index in [4.69, 9.17) is 0 Å². The minimum atomic E-state index is 0.647. The fourth-order valence-corrected chi connectivity index (χ4v) is 2.78. The van der Waals surface area contributed by atoms with Crippen LogP contribution >= 0.6 is 0 Å². The molecule has 0 aromatic carbocycles. The monoisotopic (exact) mass is 212 g/mol. The van der Waals surface area contributed by atoms with Gasteiger partial charge in [0, 0.05) is 18.1 Å². The molecule has 1 saturated carbocycles. The first-order valence-corrected chi connectivity index (χ1v) is 6.60. The van der Waals surface area contributed by atoms with E-state index in [0.29, 0.717) is 12.1 Å². The van der Waals surface area contributed by atoms with E-state index in [1.54, 1.807) is 0 Å². The van der Waals surface area contributed by atoms with Crippen LogP contribution in [0.25, 0.3) is 0 Å². The highest BCUT2D eigenvalue weighted by Crippen LogP contribution is 2.24. The molecule has 0 amide bonds. The molecule has 0 saturated heterocycles. The second-order valence-corrected chi connectivity index (χ2v) is 5.15. The topological polar surface area (TPSA) is 15.3 Å². The fraction of sp³-hybridized carbons (Fsp3) is 1.00. The Labute approximate surface area is 95.4 Å². The van der Waals surface area contributed by atoms with Gasteiger partial charge in [0.25, 0.3) is 0 Å². The molecule has 0 aliphatic heterocycles. The highest BCUT2D eigenvalue weighted by molar-refractivity contribution is 4.80. The van der Waals surface area contributed by atoms with Crippen LogP contribution in [-0.2, 0) is 0 Å². The Morgan fingerprint density at radius 1 is 1.27 bits per heavy atom.